The maximum absolute atomic E-state index is 13.5. The van der Waals surface area contributed by atoms with Crippen LogP contribution in [0, 0.1) is 5.82 Å². The fourth-order valence-corrected chi connectivity index (χ4v) is 2.09. The molecule has 0 atom stereocenters. The molecule has 2 aromatic rings. The van der Waals surface area contributed by atoms with Crippen molar-refractivity contribution in [2.24, 2.45) is 0 Å². The molecule has 1 aromatic heterocycles. The van der Waals surface area contributed by atoms with E-state index in [4.69, 9.17) is 5.73 Å². The summed E-state index contributed by atoms with van der Waals surface area (Å²) in [5.41, 5.74) is 6.28. The number of thioether (sulfide) groups is 1. The van der Waals surface area contributed by atoms with Crippen LogP contribution in [-0.2, 0) is 0 Å². The molecule has 0 saturated heterocycles. The Kier molecular flexibility index (Phi) is 3.14. The van der Waals surface area contributed by atoms with Crippen molar-refractivity contribution in [3.8, 4) is 5.69 Å². The van der Waals surface area contributed by atoms with Gasteiger partial charge in [-0.3, -0.25) is 0 Å². The summed E-state index contributed by atoms with van der Waals surface area (Å²) in [6.07, 6.45) is 1.66. The molecule has 16 heavy (non-hydrogen) atoms. The van der Waals surface area contributed by atoms with Crippen LogP contribution in [0.4, 0.5) is 10.2 Å². The minimum atomic E-state index is -0.328. The van der Waals surface area contributed by atoms with Gasteiger partial charge in [-0.05, 0) is 17.9 Å². The Hall–Kier alpha value is -1.49. The summed E-state index contributed by atoms with van der Waals surface area (Å²) in [5, 5.41) is 4.10. The maximum Gasteiger partial charge on any atom is 0.148 e. The van der Waals surface area contributed by atoms with E-state index in [0.29, 0.717) is 11.5 Å². The highest BCUT2D eigenvalue weighted by molar-refractivity contribution is 7.99. The Morgan fingerprint density at radius 3 is 2.88 bits per heavy atom. The van der Waals surface area contributed by atoms with Gasteiger partial charge >= 0.3 is 0 Å². The van der Waals surface area contributed by atoms with Crippen LogP contribution in [0.25, 0.3) is 5.69 Å². The molecular formula is C11H12FN3S. The molecule has 2 N–H and O–H groups in total. The third-order valence-electron chi connectivity index (χ3n) is 2.15. The number of rotatable bonds is 3. The SMILES string of the molecule is CCSc1cnn(-c2ccccc2F)c1N. The molecule has 1 aromatic carbocycles. The van der Waals surface area contributed by atoms with Crippen LogP contribution in [-0.4, -0.2) is 15.5 Å². The minimum absolute atomic E-state index is 0.328. The van der Waals surface area contributed by atoms with E-state index in [1.807, 2.05) is 6.92 Å². The lowest BCUT2D eigenvalue weighted by Gasteiger charge is -2.05. The molecule has 0 unspecified atom stereocenters. The summed E-state index contributed by atoms with van der Waals surface area (Å²) >= 11 is 1.59. The van der Waals surface area contributed by atoms with Gasteiger partial charge in [-0.15, -0.1) is 11.8 Å². The van der Waals surface area contributed by atoms with Gasteiger partial charge in [-0.25, -0.2) is 9.07 Å². The highest BCUT2D eigenvalue weighted by Gasteiger charge is 2.11. The van der Waals surface area contributed by atoms with Gasteiger partial charge < -0.3 is 5.73 Å². The van der Waals surface area contributed by atoms with Gasteiger partial charge in [0.15, 0.2) is 0 Å². The molecule has 3 nitrogen and oxygen atoms in total. The van der Waals surface area contributed by atoms with Gasteiger partial charge in [0.1, 0.15) is 17.3 Å². The van der Waals surface area contributed by atoms with E-state index >= 15 is 0 Å². The van der Waals surface area contributed by atoms with Crippen LogP contribution in [0.5, 0.6) is 0 Å². The smallest absolute Gasteiger partial charge is 0.148 e. The summed E-state index contributed by atoms with van der Waals surface area (Å²) in [5.74, 6) is 1.06. The molecule has 0 bridgehead atoms. The molecular weight excluding hydrogens is 225 g/mol. The highest BCUT2D eigenvalue weighted by Crippen LogP contribution is 2.27. The van der Waals surface area contributed by atoms with Crippen molar-refractivity contribution in [1.29, 1.82) is 0 Å². The zero-order valence-electron chi connectivity index (χ0n) is 8.85. The van der Waals surface area contributed by atoms with Gasteiger partial charge in [0, 0.05) is 0 Å². The molecule has 0 spiro atoms. The first kappa shape index (κ1) is 11.0. The third kappa shape index (κ3) is 1.90. The lowest BCUT2D eigenvalue weighted by molar-refractivity contribution is 0.612. The number of hydrogen-bond donors (Lipinski definition) is 1. The van der Waals surface area contributed by atoms with E-state index in [1.165, 1.54) is 10.7 Å². The fraction of sp³-hybridized carbons (Fsp3) is 0.182. The van der Waals surface area contributed by atoms with Crippen molar-refractivity contribution >= 4 is 17.6 Å². The van der Waals surface area contributed by atoms with E-state index in [1.54, 1.807) is 36.2 Å². The molecule has 0 aliphatic rings. The summed E-state index contributed by atoms with van der Waals surface area (Å²) in [4.78, 5) is 0.880. The second-order valence-corrected chi connectivity index (χ2v) is 4.50. The average molecular weight is 237 g/mol. The van der Waals surface area contributed by atoms with E-state index in [-0.39, 0.29) is 5.82 Å². The summed E-state index contributed by atoms with van der Waals surface area (Å²) in [6.45, 7) is 2.03. The average Bonchev–Trinajstić information content (AvgIpc) is 2.62. The van der Waals surface area contributed by atoms with E-state index in [2.05, 4.69) is 5.10 Å². The Morgan fingerprint density at radius 1 is 1.44 bits per heavy atom. The van der Waals surface area contributed by atoms with Gasteiger partial charge in [0.2, 0.25) is 0 Å². The predicted molar refractivity (Wildman–Crippen MR) is 64.3 cm³/mol. The molecule has 5 heteroatoms. The maximum atomic E-state index is 13.5. The lowest BCUT2D eigenvalue weighted by atomic mass is 10.3. The molecule has 1 heterocycles. The number of aromatic nitrogens is 2. The number of para-hydroxylation sites is 1. The minimum Gasteiger partial charge on any atom is -0.383 e. The molecule has 0 aliphatic heterocycles. The Bertz CT molecular complexity index is 496. The molecule has 2 rings (SSSR count). The zero-order chi connectivity index (χ0) is 11.5. The molecule has 0 amide bonds. The molecule has 0 fully saturated rings. The van der Waals surface area contributed by atoms with E-state index in [0.717, 1.165) is 10.6 Å². The Balaban J connectivity index is 2.45. The van der Waals surface area contributed by atoms with Gasteiger partial charge in [0.05, 0.1) is 11.1 Å². The van der Waals surface area contributed by atoms with Crippen LogP contribution in [0.3, 0.4) is 0 Å². The second kappa shape index (κ2) is 4.57. The van der Waals surface area contributed by atoms with Crippen LogP contribution in [0.2, 0.25) is 0 Å². The predicted octanol–water partition coefficient (Wildman–Crippen LogP) is 2.71. The van der Waals surface area contributed by atoms with E-state index < -0.39 is 0 Å². The molecule has 0 saturated carbocycles. The van der Waals surface area contributed by atoms with Crippen LogP contribution < -0.4 is 5.73 Å². The van der Waals surface area contributed by atoms with Gasteiger partial charge in [0.25, 0.3) is 0 Å². The first-order chi connectivity index (χ1) is 7.74. The fourth-order valence-electron chi connectivity index (χ4n) is 1.43. The number of nitrogen functional groups attached to an aromatic ring is 1. The van der Waals surface area contributed by atoms with Crippen molar-refractivity contribution in [3.63, 3.8) is 0 Å². The molecule has 0 aliphatic carbocycles. The monoisotopic (exact) mass is 237 g/mol. The van der Waals surface area contributed by atoms with Crippen molar-refractivity contribution < 1.29 is 4.39 Å². The Labute approximate surface area is 97.5 Å². The normalized spacial score (nSPS) is 10.6. The summed E-state index contributed by atoms with van der Waals surface area (Å²) in [6, 6.07) is 6.44. The van der Waals surface area contributed by atoms with Crippen molar-refractivity contribution in [3.05, 3.63) is 36.3 Å². The lowest BCUT2D eigenvalue weighted by Crippen LogP contribution is -2.04. The molecule has 84 valence electrons. The third-order valence-corrected chi connectivity index (χ3v) is 3.07. The number of benzene rings is 1. The van der Waals surface area contributed by atoms with Crippen molar-refractivity contribution in [1.82, 2.24) is 9.78 Å². The van der Waals surface area contributed by atoms with Crippen LogP contribution >= 0.6 is 11.8 Å². The topological polar surface area (TPSA) is 43.8 Å². The second-order valence-electron chi connectivity index (χ2n) is 3.19. The summed E-state index contributed by atoms with van der Waals surface area (Å²) in [7, 11) is 0. The standard InChI is InChI=1S/C11H12FN3S/c1-2-16-10-7-14-15(11(10)13)9-6-4-3-5-8(9)12/h3-7H,2,13H2,1H3. The quantitative estimate of drug-likeness (QED) is 0.835. The first-order valence-electron chi connectivity index (χ1n) is 4.95. The van der Waals surface area contributed by atoms with Gasteiger partial charge in [-0.1, -0.05) is 19.1 Å². The largest absolute Gasteiger partial charge is 0.383 e. The molecule has 0 radical (unpaired) electrons. The number of hydrogen-bond acceptors (Lipinski definition) is 3. The van der Waals surface area contributed by atoms with E-state index in [9.17, 15) is 4.39 Å². The summed E-state index contributed by atoms with van der Waals surface area (Å²) < 4.78 is 15.0. The number of halogens is 1. The first-order valence-corrected chi connectivity index (χ1v) is 5.93. The number of nitrogens with zero attached hydrogens (tertiary/aromatic N) is 2. The van der Waals surface area contributed by atoms with Gasteiger partial charge in [-0.2, -0.15) is 5.10 Å². The Morgan fingerprint density at radius 2 is 2.19 bits per heavy atom. The number of nitrogens with two attached hydrogens (primary N) is 1. The van der Waals surface area contributed by atoms with Crippen molar-refractivity contribution in [2.75, 3.05) is 11.5 Å². The van der Waals surface area contributed by atoms with Crippen LogP contribution in [0.1, 0.15) is 6.92 Å². The highest BCUT2D eigenvalue weighted by atomic mass is 32.2. The number of anilines is 1. The van der Waals surface area contributed by atoms with Crippen LogP contribution in [0.15, 0.2) is 35.4 Å². The van der Waals surface area contributed by atoms with Crippen molar-refractivity contribution in [2.45, 2.75) is 11.8 Å². The zero-order valence-corrected chi connectivity index (χ0v) is 9.67.